The molecule has 32 heteroatoms. The fraction of sp³-hybridized carbons (Fsp3) is 0.482. The molecule has 0 spiro atoms. The van der Waals surface area contributed by atoms with Crippen LogP contribution in [0.4, 0.5) is 46.5 Å². The quantitative estimate of drug-likeness (QED) is 0.0245. The zero-order valence-electron chi connectivity index (χ0n) is 67.8. The van der Waals surface area contributed by atoms with Crippen LogP contribution in [0.3, 0.4) is 0 Å². The summed E-state index contributed by atoms with van der Waals surface area (Å²) < 4.78 is 22.7. The average molecular weight is 1580 g/mol. The summed E-state index contributed by atoms with van der Waals surface area (Å²) in [5.41, 5.74) is 33.5. The molecule has 7 aromatic heterocycles. The molecule has 12 heterocycles. The molecular weight excluding hydrogens is 1470 g/mol. The molecule has 0 bridgehead atoms. The highest BCUT2D eigenvalue weighted by atomic mass is 16.5. The Labute approximate surface area is 672 Å². The van der Waals surface area contributed by atoms with Gasteiger partial charge in [0.05, 0.1) is 58.6 Å². The van der Waals surface area contributed by atoms with E-state index in [0.717, 1.165) is 117 Å². The van der Waals surface area contributed by atoms with Gasteiger partial charge in [-0.05, 0) is 107 Å². The number of benzene rings is 1. The molecule has 8 N–H and O–H groups in total. The monoisotopic (exact) mass is 1570 g/mol. The summed E-state index contributed by atoms with van der Waals surface area (Å²) in [5, 5.41) is 0. The standard InChI is InChI=1S/C28H41N7O3.C19H25N5O2.C18H21N5O3.C18H23N5O2/c1-3-4-17-38-28-30-26(29)24-18-23(36)20-35(27(24)31-28)12-8-11-34(19-22-9-6-5-7-10-22)25(37)21-33-15-13-32(2)14-16-33;1-4-5-13(3)26-19-22-17(20)16-8-15(25)11-24(18(16)23-19)10-14-7-6-12(2)21-9-14;1-3-4-7-26-18-21-15(19)13-8-14(24)17(25)23(16(13)22-18)10-12-6-5-11(2)20-9-12;1-3-4-7-25-18-21-16(19)15-8-14(24)11-23(17(15)22-18)10-13-6-5-12(2)20-9-13/h5-7,9-10H,3-4,8,11-21H2,1-2H3,(H2,29,30,31);6-7,9,13H,4-5,8,10-11H2,1-3H3,(H2,20,22,23);5-6,9H,3-4,7-8,10H2,1-2H3,(H2,19,21,22);5-6,9H,3-4,7-8,10-11H2,1-2H3,(H2,19,21,22). The molecule has 8 aromatic rings. The summed E-state index contributed by atoms with van der Waals surface area (Å²) in [6.07, 6.45) is 14.3. The van der Waals surface area contributed by atoms with Gasteiger partial charge in [-0.25, -0.2) is 0 Å². The van der Waals surface area contributed by atoms with Crippen molar-refractivity contribution in [3.63, 3.8) is 0 Å². The van der Waals surface area contributed by atoms with Crippen molar-refractivity contribution in [2.24, 2.45) is 0 Å². The zero-order chi connectivity index (χ0) is 82.1. The minimum absolute atomic E-state index is 0.0115. The second-order valence-electron chi connectivity index (χ2n) is 29.5. The predicted octanol–water partition coefficient (Wildman–Crippen LogP) is 7.97. The molecule has 32 nitrogen and oxygen atoms in total. The Kier molecular flexibility index (Phi) is 31.3. The molecule has 5 aliphatic rings. The van der Waals surface area contributed by atoms with Crippen molar-refractivity contribution in [1.82, 2.24) is 69.5 Å². The van der Waals surface area contributed by atoms with Crippen LogP contribution < -0.4 is 61.5 Å². The lowest BCUT2D eigenvalue weighted by molar-refractivity contribution is -0.136. The van der Waals surface area contributed by atoms with Gasteiger partial charge in [-0.2, -0.15) is 39.9 Å². The lowest BCUT2D eigenvalue weighted by Crippen LogP contribution is -2.49. The van der Waals surface area contributed by atoms with E-state index in [1.54, 1.807) is 6.20 Å². The number of aromatic nitrogens is 11. The molecule has 115 heavy (non-hydrogen) atoms. The number of hydrogen-bond donors (Lipinski definition) is 4. The highest BCUT2D eigenvalue weighted by molar-refractivity contribution is 6.43. The number of piperazine rings is 1. The van der Waals surface area contributed by atoms with Gasteiger partial charge in [0.15, 0.2) is 17.3 Å². The lowest BCUT2D eigenvalue weighted by atomic mass is 10.0. The molecule has 0 aliphatic carbocycles. The second kappa shape index (κ2) is 41.9. The Morgan fingerprint density at radius 1 is 0.478 bits per heavy atom. The molecule has 0 radical (unpaired) electrons. The van der Waals surface area contributed by atoms with Gasteiger partial charge < -0.3 is 66.4 Å². The fourth-order valence-corrected chi connectivity index (χ4v) is 13.3. The third-order valence-corrected chi connectivity index (χ3v) is 19.8. The third kappa shape index (κ3) is 24.7. The van der Waals surface area contributed by atoms with Crippen LogP contribution >= 0.6 is 0 Å². The summed E-state index contributed by atoms with van der Waals surface area (Å²) in [6.45, 7) is 25.6. The molecule has 1 saturated heterocycles. The number of carbonyl (C=O) groups is 6. The summed E-state index contributed by atoms with van der Waals surface area (Å²) in [7, 11) is 2.11. The molecule has 1 aromatic carbocycles. The molecule has 0 saturated carbocycles. The van der Waals surface area contributed by atoms with E-state index >= 15 is 0 Å². The minimum atomic E-state index is -0.615. The van der Waals surface area contributed by atoms with Crippen molar-refractivity contribution in [3.8, 4) is 24.0 Å². The molecule has 5 aliphatic heterocycles. The fourth-order valence-electron chi connectivity index (χ4n) is 13.3. The number of nitrogen functional groups attached to an aromatic ring is 4. The first-order valence-corrected chi connectivity index (χ1v) is 39.8. The molecule has 1 atom stereocenters. The van der Waals surface area contributed by atoms with Crippen molar-refractivity contribution in [1.29, 1.82) is 0 Å². The van der Waals surface area contributed by atoms with Gasteiger partial charge in [-0.3, -0.25) is 53.5 Å². The van der Waals surface area contributed by atoms with Crippen molar-refractivity contribution in [2.45, 2.75) is 171 Å². The van der Waals surface area contributed by atoms with Gasteiger partial charge in [0.1, 0.15) is 46.5 Å². The second-order valence-corrected chi connectivity index (χ2v) is 29.5. The number of fused-ring (bicyclic) bond motifs is 4. The Bertz CT molecular complexity index is 4610. The number of aryl methyl sites for hydroxylation is 3. The number of rotatable bonds is 30. The number of pyridine rings is 3. The Balaban J connectivity index is 0.000000165. The average Bonchev–Trinajstić information content (AvgIpc) is 0.790. The highest BCUT2D eigenvalue weighted by Crippen LogP contribution is 2.35. The molecule has 13 rings (SSSR count). The van der Waals surface area contributed by atoms with Crippen LogP contribution in [0.2, 0.25) is 0 Å². The Hall–Kier alpha value is -11.7. The van der Waals surface area contributed by atoms with Crippen LogP contribution in [0.1, 0.15) is 154 Å². The largest absolute Gasteiger partial charge is 0.463 e. The smallest absolute Gasteiger partial charge is 0.320 e. The number of nitrogens with zero attached hydrogens (tertiary/aromatic N) is 18. The number of amides is 2. The summed E-state index contributed by atoms with van der Waals surface area (Å²) in [4.78, 5) is 136. The topological polar surface area (TPSA) is 408 Å². The van der Waals surface area contributed by atoms with Crippen molar-refractivity contribution < 1.29 is 47.7 Å². The number of carbonyl (C=O) groups excluding carboxylic acids is 6. The molecule has 1 fully saturated rings. The number of hydrogen-bond acceptors (Lipinski definition) is 30. The number of likely N-dealkylation sites (N-methyl/N-ethyl adjacent to an activating group) is 1. The number of anilines is 8. The van der Waals surface area contributed by atoms with E-state index in [1.165, 1.54) is 4.90 Å². The third-order valence-electron chi connectivity index (χ3n) is 19.8. The van der Waals surface area contributed by atoms with Gasteiger partial charge in [-0.1, -0.05) is 102 Å². The maximum absolute atomic E-state index is 13.4. The minimum Gasteiger partial charge on any atom is -0.463 e. The van der Waals surface area contributed by atoms with Gasteiger partial charge in [-0.15, -0.1) is 0 Å². The number of ether oxygens (including phenoxy) is 4. The first-order chi connectivity index (χ1) is 55.4. The van der Waals surface area contributed by atoms with E-state index in [-0.39, 0.29) is 98.0 Å². The number of ketones is 4. The van der Waals surface area contributed by atoms with E-state index in [1.807, 2.05) is 121 Å². The highest BCUT2D eigenvalue weighted by Gasteiger charge is 2.36. The predicted molar refractivity (Wildman–Crippen MR) is 440 cm³/mol. The summed E-state index contributed by atoms with van der Waals surface area (Å²) in [5.74, 6) is 2.71. The molecule has 1 unspecified atom stereocenters. The van der Waals surface area contributed by atoms with Crippen molar-refractivity contribution in [2.75, 3.05) is 135 Å². The van der Waals surface area contributed by atoms with E-state index in [0.29, 0.717) is 142 Å². The molecular formula is C83H110N22O10. The zero-order valence-corrected chi connectivity index (χ0v) is 67.8. The van der Waals surface area contributed by atoms with Crippen molar-refractivity contribution in [3.05, 3.63) is 147 Å². The normalized spacial score (nSPS) is 14.8. The van der Waals surface area contributed by atoms with Crippen LogP contribution in [0.25, 0.3) is 0 Å². The van der Waals surface area contributed by atoms with E-state index in [2.05, 4.69) is 105 Å². The first kappa shape index (κ1) is 85.8. The van der Waals surface area contributed by atoms with Gasteiger partial charge in [0.2, 0.25) is 11.7 Å². The van der Waals surface area contributed by atoms with Gasteiger partial charge >= 0.3 is 24.0 Å². The number of Topliss-reactive ketones (excluding diaryl/α,β-unsaturated/α-hetero) is 4. The SMILES string of the molecule is CCCC(C)Oc1nc(N)c2c(n1)N(Cc1ccc(C)nc1)CC(=O)C2.CCCCOc1nc(N)c2c(n1)N(CCCN(Cc1ccccc1)C(=O)CN1CCN(C)CC1)CC(=O)C2.CCCCOc1nc(N)c2c(n1)N(Cc1ccc(C)nc1)C(=O)C(=O)C2.CCCCOc1nc(N)c2c(n1)N(Cc1ccc(C)nc1)CC(=O)C2. The van der Waals surface area contributed by atoms with Crippen LogP contribution in [0.15, 0.2) is 85.3 Å². The van der Waals surface area contributed by atoms with Crippen molar-refractivity contribution >= 4 is 81.5 Å². The van der Waals surface area contributed by atoms with Gasteiger partial charge in [0, 0.05) is 143 Å². The maximum Gasteiger partial charge on any atom is 0.320 e. The Morgan fingerprint density at radius 3 is 1.34 bits per heavy atom. The number of unbranched alkanes of at least 4 members (excludes halogenated alkanes) is 3. The summed E-state index contributed by atoms with van der Waals surface area (Å²) >= 11 is 0. The Morgan fingerprint density at radius 2 is 0.896 bits per heavy atom. The van der Waals surface area contributed by atoms with Crippen LogP contribution in [0.5, 0.6) is 24.0 Å². The number of nitrogens with two attached hydrogens (primary N) is 4. The molecule has 2 amide bonds. The molecule has 612 valence electrons. The summed E-state index contributed by atoms with van der Waals surface area (Å²) in [6, 6.07) is 22.6. The van der Waals surface area contributed by atoms with E-state index in [4.69, 9.17) is 41.9 Å². The van der Waals surface area contributed by atoms with Crippen LogP contribution in [-0.2, 0) is 80.6 Å². The van der Waals surface area contributed by atoms with E-state index in [9.17, 15) is 28.8 Å². The lowest BCUT2D eigenvalue weighted by Gasteiger charge is -2.34. The maximum atomic E-state index is 13.4. The first-order valence-electron chi connectivity index (χ1n) is 39.8. The van der Waals surface area contributed by atoms with Gasteiger partial charge in [0.25, 0.3) is 5.91 Å². The van der Waals surface area contributed by atoms with E-state index < -0.39 is 11.7 Å². The van der Waals surface area contributed by atoms with Crippen LogP contribution in [0, 0.1) is 20.8 Å². The van der Waals surface area contributed by atoms with Crippen LogP contribution in [-0.4, -0.2) is 203 Å².